The Morgan fingerprint density at radius 3 is 2.49 bits per heavy atom. The summed E-state index contributed by atoms with van der Waals surface area (Å²) in [6.45, 7) is 6.23. The topological polar surface area (TPSA) is 105 Å². The van der Waals surface area contributed by atoms with Gasteiger partial charge in [0.15, 0.2) is 5.82 Å². The first-order valence-electron chi connectivity index (χ1n) is 11.1. The molecule has 3 aromatic rings. The Labute approximate surface area is 203 Å². The van der Waals surface area contributed by atoms with E-state index in [1.807, 2.05) is 20.8 Å². The van der Waals surface area contributed by atoms with E-state index in [1.54, 1.807) is 42.0 Å². The maximum absolute atomic E-state index is 15.0. The van der Waals surface area contributed by atoms with Crippen LogP contribution in [-0.4, -0.2) is 58.7 Å². The van der Waals surface area contributed by atoms with Crippen LogP contribution in [0.1, 0.15) is 44.5 Å². The van der Waals surface area contributed by atoms with Gasteiger partial charge in [-0.25, -0.2) is 14.2 Å². The minimum atomic E-state index is -0.606. The number of carbonyl (C=O) groups excluding carboxylic acids is 1. The number of amides is 1. The lowest BCUT2D eigenvalue weighted by Crippen LogP contribution is -2.35. The molecular weight excluding hydrogens is 453 g/mol. The number of aromatic nitrogens is 3. The lowest BCUT2D eigenvalue weighted by atomic mass is 10.1. The largest absolute Gasteiger partial charge is 0.497 e. The average Bonchev–Trinajstić information content (AvgIpc) is 3.44. The minimum Gasteiger partial charge on any atom is -0.497 e. The molecule has 0 radical (unpaired) electrons. The fourth-order valence-electron chi connectivity index (χ4n) is 3.95. The van der Waals surface area contributed by atoms with E-state index in [0.29, 0.717) is 47.7 Å². The van der Waals surface area contributed by atoms with Crippen LogP contribution >= 0.6 is 0 Å². The molecule has 184 valence electrons. The Balaban J connectivity index is 1.72. The number of halogens is 1. The van der Waals surface area contributed by atoms with Gasteiger partial charge < -0.3 is 24.8 Å². The fourth-order valence-corrected chi connectivity index (χ4v) is 3.95. The molecule has 0 unspecified atom stereocenters. The molecule has 4 rings (SSSR count). The van der Waals surface area contributed by atoms with Crippen molar-refractivity contribution in [3.8, 4) is 23.3 Å². The summed E-state index contributed by atoms with van der Waals surface area (Å²) in [7, 11) is 3.11. The van der Waals surface area contributed by atoms with Crippen molar-refractivity contribution in [2.24, 2.45) is 0 Å². The summed E-state index contributed by atoms with van der Waals surface area (Å²) in [6, 6.07) is 4.98. The highest BCUT2D eigenvalue weighted by Crippen LogP contribution is 2.32. The predicted molar refractivity (Wildman–Crippen MR) is 129 cm³/mol. The van der Waals surface area contributed by atoms with E-state index in [0.717, 1.165) is 6.20 Å². The third-order valence-corrected chi connectivity index (χ3v) is 5.55. The summed E-state index contributed by atoms with van der Waals surface area (Å²) in [5.41, 5.74) is 6.65. The Morgan fingerprint density at radius 1 is 1.17 bits per heavy atom. The highest BCUT2D eigenvalue weighted by atomic mass is 19.1. The standard InChI is InChI=1S/C25H28FN5O4/c1-25(2,3)35-24(32)30-9-8-16(14-30)31-22-19(26)13-28-23(27)21(22)20(29-31)7-6-15-10-17(33-4)12-18(11-15)34-5/h10-13,16H,8-9,14H2,1-5H3,(H2,27,28)/t16-/m0/s1. The number of fused-ring (bicyclic) bond motifs is 1. The summed E-state index contributed by atoms with van der Waals surface area (Å²) in [6.07, 6.45) is 1.24. The van der Waals surface area contributed by atoms with Crippen molar-refractivity contribution in [2.45, 2.75) is 38.8 Å². The van der Waals surface area contributed by atoms with Crippen LogP contribution in [0.15, 0.2) is 24.4 Å². The van der Waals surface area contributed by atoms with Gasteiger partial charge in [0.1, 0.15) is 34.1 Å². The van der Waals surface area contributed by atoms with Crippen LogP contribution in [0, 0.1) is 17.7 Å². The zero-order valence-corrected chi connectivity index (χ0v) is 20.4. The second-order valence-corrected chi connectivity index (χ2v) is 9.23. The number of hydrogen-bond donors (Lipinski definition) is 1. The average molecular weight is 482 g/mol. The van der Waals surface area contributed by atoms with E-state index in [1.165, 1.54) is 0 Å². The van der Waals surface area contributed by atoms with Gasteiger partial charge in [0, 0.05) is 24.7 Å². The molecule has 35 heavy (non-hydrogen) atoms. The zero-order valence-electron chi connectivity index (χ0n) is 20.4. The summed E-state index contributed by atoms with van der Waals surface area (Å²) < 4.78 is 32.6. The van der Waals surface area contributed by atoms with Crippen molar-refractivity contribution in [1.29, 1.82) is 0 Å². The van der Waals surface area contributed by atoms with Gasteiger partial charge in [-0.15, -0.1) is 0 Å². The Hall–Kier alpha value is -4.00. The molecule has 1 saturated heterocycles. The number of likely N-dealkylation sites (tertiary alicyclic amines) is 1. The Kier molecular flexibility index (Phi) is 6.43. The van der Waals surface area contributed by atoms with Crippen molar-refractivity contribution < 1.29 is 23.4 Å². The van der Waals surface area contributed by atoms with E-state index in [2.05, 4.69) is 21.9 Å². The highest BCUT2D eigenvalue weighted by molar-refractivity contribution is 5.93. The molecule has 10 heteroatoms. The Morgan fingerprint density at radius 2 is 1.86 bits per heavy atom. The lowest BCUT2D eigenvalue weighted by molar-refractivity contribution is 0.0288. The first-order chi connectivity index (χ1) is 16.6. The normalized spacial score (nSPS) is 15.6. The maximum Gasteiger partial charge on any atom is 0.410 e. The minimum absolute atomic E-state index is 0.127. The number of nitrogens with two attached hydrogens (primary N) is 1. The van der Waals surface area contributed by atoms with Gasteiger partial charge in [-0.05, 0) is 45.2 Å². The molecule has 2 N–H and O–H groups in total. The SMILES string of the molecule is COc1cc(C#Cc2nn([C@H]3CCN(C(=O)OC(C)(C)C)C3)c3c(F)cnc(N)c23)cc(OC)c1. The molecule has 1 fully saturated rings. The van der Waals surface area contributed by atoms with Crippen LogP contribution in [0.3, 0.4) is 0 Å². The van der Waals surface area contributed by atoms with E-state index in [-0.39, 0.29) is 17.4 Å². The number of rotatable bonds is 3. The lowest BCUT2D eigenvalue weighted by Gasteiger charge is -2.24. The fraction of sp³-hybridized carbons (Fsp3) is 0.400. The molecule has 9 nitrogen and oxygen atoms in total. The van der Waals surface area contributed by atoms with Crippen LogP contribution in [0.25, 0.3) is 10.9 Å². The number of pyridine rings is 1. The van der Waals surface area contributed by atoms with Crippen molar-refractivity contribution in [3.05, 3.63) is 41.5 Å². The molecule has 1 aliphatic rings. The maximum atomic E-state index is 15.0. The van der Waals surface area contributed by atoms with Crippen LogP contribution in [0.2, 0.25) is 0 Å². The third kappa shape index (κ3) is 5.09. The summed E-state index contributed by atoms with van der Waals surface area (Å²) in [5.74, 6) is 6.77. The second kappa shape index (κ2) is 9.33. The van der Waals surface area contributed by atoms with Gasteiger partial charge in [-0.1, -0.05) is 5.92 Å². The number of methoxy groups -OCH3 is 2. The Bertz CT molecular complexity index is 1310. The summed E-state index contributed by atoms with van der Waals surface area (Å²) in [5, 5.41) is 4.94. The molecule has 2 aromatic heterocycles. The zero-order chi connectivity index (χ0) is 25.3. The van der Waals surface area contributed by atoms with Gasteiger partial charge in [0.2, 0.25) is 0 Å². The van der Waals surface area contributed by atoms with Crippen molar-refractivity contribution in [3.63, 3.8) is 0 Å². The number of ether oxygens (including phenoxy) is 3. The molecule has 0 saturated carbocycles. The smallest absolute Gasteiger partial charge is 0.410 e. The second-order valence-electron chi connectivity index (χ2n) is 9.23. The van der Waals surface area contributed by atoms with E-state index in [9.17, 15) is 9.18 Å². The molecular formula is C25H28FN5O4. The molecule has 1 aliphatic heterocycles. The molecule has 1 atom stereocenters. The van der Waals surface area contributed by atoms with Gasteiger partial charge in [-0.2, -0.15) is 5.10 Å². The van der Waals surface area contributed by atoms with Gasteiger partial charge in [-0.3, -0.25) is 4.68 Å². The number of nitrogen functional groups attached to an aromatic ring is 1. The van der Waals surface area contributed by atoms with Crippen molar-refractivity contribution in [1.82, 2.24) is 19.7 Å². The van der Waals surface area contributed by atoms with Gasteiger partial charge in [0.05, 0.1) is 31.8 Å². The molecule has 0 aliphatic carbocycles. The van der Waals surface area contributed by atoms with Crippen LogP contribution in [0.5, 0.6) is 11.5 Å². The van der Waals surface area contributed by atoms with E-state index in [4.69, 9.17) is 19.9 Å². The number of nitrogens with zero attached hydrogens (tertiary/aromatic N) is 4. The van der Waals surface area contributed by atoms with Crippen LogP contribution in [0.4, 0.5) is 15.0 Å². The highest BCUT2D eigenvalue weighted by Gasteiger charge is 2.33. The molecule has 0 bridgehead atoms. The monoisotopic (exact) mass is 481 g/mol. The van der Waals surface area contributed by atoms with Crippen LogP contribution in [-0.2, 0) is 4.74 Å². The van der Waals surface area contributed by atoms with E-state index >= 15 is 0 Å². The van der Waals surface area contributed by atoms with Gasteiger partial charge in [0.25, 0.3) is 0 Å². The molecule has 1 aromatic carbocycles. The predicted octanol–water partition coefficient (Wildman–Crippen LogP) is 3.75. The number of anilines is 1. The first-order valence-corrected chi connectivity index (χ1v) is 11.1. The summed E-state index contributed by atoms with van der Waals surface area (Å²) in [4.78, 5) is 18.1. The quantitative estimate of drug-likeness (QED) is 0.568. The number of carbonyl (C=O) groups is 1. The molecule has 1 amide bonds. The van der Waals surface area contributed by atoms with Gasteiger partial charge >= 0.3 is 6.09 Å². The third-order valence-electron chi connectivity index (χ3n) is 5.55. The molecule has 0 spiro atoms. The van der Waals surface area contributed by atoms with Crippen molar-refractivity contribution >= 4 is 22.8 Å². The summed E-state index contributed by atoms with van der Waals surface area (Å²) >= 11 is 0. The molecule has 3 heterocycles. The first kappa shape index (κ1) is 24.1. The van der Waals surface area contributed by atoms with Crippen molar-refractivity contribution in [2.75, 3.05) is 33.0 Å². The number of benzene rings is 1. The number of hydrogen-bond acceptors (Lipinski definition) is 7. The van der Waals surface area contributed by atoms with E-state index < -0.39 is 17.5 Å². The van der Waals surface area contributed by atoms with Crippen LogP contribution < -0.4 is 15.2 Å².